The molecule has 2 aliphatic heterocycles. The number of amides is 1. The van der Waals surface area contributed by atoms with E-state index in [1.807, 2.05) is 0 Å². The number of hydrogen-bond donors (Lipinski definition) is 1. The van der Waals surface area contributed by atoms with Crippen molar-refractivity contribution in [3.8, 4) is 0 Å². The van der Waals surface area contributed by atoms with Crippen molar-refractivity contribution in [1.82, 2.24) is 10.2 Å². The van der Waals surface area contributed by atoms with Crippen molar-refractivity contribution >= 4 is 5.91 Å². The lowest BCUT2D eigenvalue weighted by molar-refractivity contribution is -0.137. The van der Waals surface area contributed by atoms with Crippen LogP contribution in [0.25, 0.3) is 0 Å². The zero-order valence-corrected chi connectivity index (χ0v) is 10.0. The van der Waals surface area contributed by atoms with E-state index in [0.29, 0.717) is 17.2 Å². The largest absolute Gasteiger partial charge is 0.342 e. The topological polar surface area (TPSA) is 32.3 Å². The van der Waals surface area contributed by atoms with Crippen LogP contribution >= 0.6 is 0 Å². The summed E-state index contributed by atoms with van der Waals surface area (Å²) in [5, 5.41) is 3.50. The number of piperidine rings is 1. The van der Waals surface area contributed by atoms with Crippen molar-refractivity contribution in [2.45, 2.75) is 38.5 Å². The van der Waals surface area contributed by atoms with Gasteiger partial charge in [-0.25, -0.2) is 0 Å². The molecular weight excluding hydrogens is 200 g/mol. The van der Waals surface area contributed by atoms with Crippen molar-refractivity contribution in [1.29, 1.82) is 0 Å². The molecule has 90 valence electrons. The summed E-state index contributed by atoms with van der Waals surface area (Å²) >= 11 is 0. The van der Waals surface area contributed by atoms with Crippen LogP contribution in [0.1, 0.15) is 38.5 Å². The summed E-state index contributed by atoms with van der Waals surface area (Å²) in [7, 11) is 0. The van der Waals surface area contributed by atoms with Crippen LogP contribution in [-0.2, 0) is 4.79 Å². The maximum Gasteiger partial charge on any atom is 0.225 e. The summed E-state index contributed by atoms with van der Waals surface area (Å²) in [5.41, 5.74) is 0.428. The molecule has 1 atom stereocenters. The Hall–Kier alpha value is -0.570. The van der Waals surface area contributed by atoms with E-state index in [9.17, 15) is 4.79 Å². The van der Waals surface area contributed by atoms with Gasteiger partial charge in [0.15, 0.2) is 0 Å². The van der Waals surface area contributed by atoms with Gasteiger partial charge in [-0.1, -0.05) is 6.42 Å². The second kappa shape index (κ2) is 4.02. The lowest BCUT2D eigenvalue weighted by atomic mass is 9.80. The Morgan fingerprint density at radius 3 is 2.75 bits per heavy atom. The first-order chi connectivity index (χ1) is 7.79. The molecule has 0 aromatic heterocycles. The normalized spacial score (nSPS) is 35.4. The van der Waals surface area contributed by atoms with Crippen molar-refractivity contribution < 1.29 is 4.79 Å². The summed E-state index contributed by atoms with van der Waals surface area (Å²) < 4.78 is 0. The maximum atomic E-state index is 12.2. The van der Waals surface area contributed by atoms with Gasteiger partial charge in [-0.15, -0.1) is 0 Å². The van der Waals surface area contributed by atoms with Crippen molar-refractivity contribution in [2.24, 2.45) is 11.3 Å². The molecule has 2 saturated heterocycles. The lowest BCUT2D eigenvalue weighted by Gasteiger charge is -2.35. The molecule has 0 aromatic rings. The minimum absolute atomic E-state index is 0.381. The van der Waals surface area contributed by atoms with E-state index in [2.05, 4.69) is 10.2 Å². The minimum Gasteiger partial charge on any atom is -0.342 e. The Bertz CT molecular complexity index is 280. The molecule has 1 saturated carbocycles. The molecule has 1 amide bonds. The van der Waals surface area contributed by atoms with Gasteiger partial charge in [0.2, 0.25) is 5.91 Å². The van der Waals surface area contributed by atoms with Gasteiger partial charge in [-0.05, 0) is 38.6 Å². The van der Waals surface area contributed by atoms with E-state index in [1.165, 1.54) is 32.2 Å². The molecule has 0 aromatic carbocycles. The first kappa shape index (κ1) is 10.6. The Morgan fingerprint density at radius 1 is 1.25 bits per heavy atom. The van der Waals surface area contributed by atoms with Gasteiger partial charge in [-0.3, -0.25) is 4.79 Å². The summed E-state index contributed by atoms with van der Waals surface area (Å²) in [6, 6.07) is 0. The van der Waals surface area contributed by atoms with Gasteiger partial charge in [-0.2, -0.15) is 0 Å². The molecule has 16 heavy (non-hydrogen) atoms. The van der Waals surface area contributed by atoms with E-state index in [0.717, 1.165) is 32.5 Å². The van der Waals surface area contributed by atoms with Gasteiger partial charge in [0.05, 0.1) is 0 Å². The number of likely N-dealkylation sites (tertiary alicyclic amines) is 1. The molecule has 1 spiro atoms. The Labute approximate surface area is 97.6 Å². The van der Waals surface area contributed by atoms with Gasteiger partial charge in [0, 0.05) is 31.0 Å². The standard InChI is InChI=1S/C13H22N2O/c16-12(11-3-1-4-11)15-8-6-13(10-15)5-2-7-14-9-13/h11,14H,1-10H2. The number of nitrogens with one attached hydrogen (secondary N) is 1. The van der Waals surface area contributed by atoms with Crippen molar-refractivity contribution in [2.75, 3.05) is 26.2 Å². The van der Waals surface area contributed by atoms with Crippen LogP contribution in [0.15, 0.2) is 0 Å². The summed E-state index contributed by atoms with van der Waals surface area (Å²) in [6.07, 6.45) is 7.36. The SMILES string of the molecule is O=C(C1CCC1)N1CCC2(CCCNC2)C1. The van der Waals surface area contributed by atoms with Crippen LogP contribution in [0.3, 0.4) is 0 Å². The minimum atomic E-state index is 0.381. The Balaban J connectivity index is 1.61. The van der Waals surface area contributed by atoms with E-state index >= 15 is 0 Å². The fourth-order valence-corrected chi connectivity index (χ4v) is 3.42. The van der Waals surface area contributed by atoms with Gasteiger partial charge in [0.1, 0.15) is 0 Å². The fraction of sp³-hybridized carbons (Fsp3) is 0.923. The lowest BCUT2D eigenvalue weighted by Crippen LogP contribution is -2.44. The van der Waals surface area contributed by atoms with Crippen molar-refractivity contribution in [3.05, 3.63) is 0 Å². The third-order valence-electron chi connectivity index (χ3n) is 4.77. The van der Waals surface area contributed by atoms with Crippen LogP contribution in [0.2, 0.25) is 0 Å². The first-order valence-corrected chi connectivity index (χ1v) is 6.79. The van der Waals surface area contributed by atoms with E-state index in [-0.39, 0.29) is 0 Å². The molecule has 1 aliphatic carbocycles. The van der Waals surface area contributed by atoms with Crippen LogP contribution in [-0.4, -0.2) is 37.0 Å². The number of nitrogens with zero attached hydrogens (tertiary/aromatic N) is 1. The zero-order valence-electron chi connectivity index (χ0n) is 10.0. The quantitative estimate of drug-likeness (QED) is 0.727. The molecule has 3 aliphatic rings. The average Bonchev–Trinajstić information content (AvgIpc) is 2.61. The number of carbonyl (C=O) groups is 1. The predicted octanol–water partition coefficient (Wildman–Crippen LogP) is 1.39. The zero-order chi connectivity index (χ0) is 11.0. The van der Waals surface area contributed by atoms with Gasteiger partial charge >= 0.3 is 0 Å². The van der Waals surface area contributed by atoms with E-state index in [1.54, 1.807) is 0 Å². The number of hydrogen-bond acceptors (Lipinski definition) is 2. The van der Waals surface area contributed by atoms with Gasteiger partial charge < -0.3 is 10.2 Å². The summed E-state index contributed by atoms with van der Waals surface area (Å²) in [5.74, 6) is 0.834. The third-order valence-corrected chi connectivity index (χ3v) is 4.77. The first-order valence-electron chi connectivity index (χ1n) is 6.79. The average molecular weight is 222 g/mol. The molecular formula is C13H22N2O. The molecule has 1 unspecified atom stereocenters. The fourth-order valence-electron chi connectivity index (χ4n) is 3.42. The van der Waals surface area contributed by atoms with Gasteiger partial charge in [0.25, 0.3) is 0 Å². The smallest absolute Gasteiger partial charge is 0.225 e. The molecule has 2 heterocycles. The molecule has 3 rings (SSSR count). The molecule has 3 nitrogen and oxygen atoms in total. The van der Waals surface area contributed by atoms with Crippen molar-refractivity contribution in [3.63, 3.8) is 0 Å². The second-order valence-electron chi connectivity index (χ2n) is 5.92. The number of rotatable bonds is 1. The van der Waals surface area contributed by atoms with Crippen LogP contribution < -0.4 is 5.32 Å². The van der Waals surface area contributed by atoms with E-state index < -0.39 is 0 Å². The predicted molar refractivity (Wildman–Crippen MR) is 63.1 cm³/mol. The molecule has 3 heteroatoms. The maximum absolute atomic E-state index is 12.2. The molecule has 0 bridgehead atoms. The Morgan fingerprint density at radius 2 is 2.12 bits per heavy atom. The van der Waals surface area contributed by atoms with E-state index in [4.69, 9.17) is 0 Å². The van der Waals surface area contributed by atoms with Crippen LogP contribution in [0.5, 0.6) is 0 Å². The highest BCUT2D eigenvalue weighted by Gasteiger charge is 2.42. The highest BCUT2D eigenvalue weighted by Crippen LogP contribution is 2.38. The monoisotopic (exact) mass is 222 g/mol. The Kier molecular flexibility index (Phi) is 2.66. The highest BCUT2D eigenvalue weighted by molar-refractivity contribution is 5.79. The molecule has 0 radical (unpaired) electrons. The summed E-state index contributed by atoms with van der Waals surface area (Å²) in [4.78, 5) is 14.3. The molecule has 1 N–H and O–H groups in total. The second-order valence-corrected chi connectivity index (χ2v) is 5.92. The number of carbonyl (C=O) groups excluding carboxylic acids is 1. The molecule has 3 fully saturated rings. The third kappa shape index (κ3) is 1.75. The van der Waals surface area contributed by atoms with Crippen LogP contribution in [0, 0.1) is 11.3 Å². The highest BCUT2D eigenvalue weighted by atomic mass is 16.2. The summed E-state index contributed by atoms with van der Waals surface area (Å²) in [6.45, 7) is 4.33. The van der Waals surface area contributed by atoms with Crippen LogP contribution in [0.4, 0.5) is 0 Å².